The van der Waals surface area contributed by atoms with Crippen molar-refractivity contribution in [2.75, 3.05) is 13.1 Å². The van der Waals surface area contributed by atoms with Gasteiger partial charge in [-0.1, -0.05) is 34.4 Å². The first kappa shape index (κ1) is 13.9. The standard InChI is InChI=1S/C14H15Cl2N3O/c15-11-2-1-10(12(16)7-11)6-13-18-14(20-19-13)5-9-3-4-17-8-9/h1-2,7,9,17H,3-6,8H2. The minimum Gasteiger partial charge on any atom is -0.339 e. The van der Waals surface area contributed by atoms with Gasteiger partial charge < -0.3 is 9.84 Å². The largest absolute Gasteiger partial charge is 0.339 e. The lowest BCUT2D eigenvalue weighted by atomic mass is 10.1. The molecule has 1 N–H and O–H groups in total. The molecule has 1 atom stereocenters. The molecule has 3 rings (SSSR count). The van der Waals surface area contributed by atoms with Gasteiger partial charge in [-0.3, -0.25) is 0 Å². The Bertz CT molecular complexity index is 594. The Morgan fingerprint density at radius 3 is 3.00 bits per heavy atom. The van der Waals surface area contributed by atoms with Crippen LogP contribution in [0.2, 0.25) is 10.0 Å². The molecule has 4 nitrogen and oxygen atoms in total. The number of rotatable bonds is 4. The lowest BCUT2D eigenvalue weighted by Crippen LogP contribution is -2.10. The fourth-order valence-electron chi connectivity index (χ4n) is 2.42. The second-order valence-electron chi connectivity index (χ2n) is 5.08. The Hall–Kier alpha value is -1.10. The lowest BCUT2D eigenvalue weighted by molar-refractivity contribution is 0.354. The molecule has 2 heterocycles. The van der Waals surface area contributed by atoms with Crippen LogP contribution in [0.1, 0.15) is 23.7 Å². The van der Waals surface area contributed by atoms with Crippen LogP contribution in [0.25, 0.3) is 0 Å². The predicted molar refractivity (Wildman–Crippen MR) is 78.2 cm³/mol. The molecular weight excluding hydrogens is 297 g/mol. The van der Waals surface area contributed by atoms with E-state index in [4.69, 9.17) is 27.7 Å². The van der Waals surface area contributed by atoms with E-state index in [2.05, 4.69) is 15.5 Å². The topological polar surface area (TPSA) is 51.0 Å². The van der Waals surface area contributed by atoms with Gasteiger partial charge in [0.2, 0.25) is 5.89 Å². The molecule has 0 spiro atoms. The van der Waals surface area contributed by atoms with E-state index >= 15 is 0 Å². The van der Waals surface area contributed by atoms with Crippen LogP contribution in [0.15, 0.2) is 22.7 Å². The summed E-state index contributed by atoms with van der Waals surface area (Å²) in [7, 11) is 0. The molecule has 20 heavy (non-hydrogen) atoms. The summed E-state index contributed by atoms with van der Waals surface area (Å²) >= 11 is 12.0. The summed E-state index contributed by atoms with van der Waals surface area (Å²) in [4.78, 5) is 4.44. The summed E-state index contributed by atoms with van der Waals surface area (Å²) in [6.07, 6.45) is 2.57. The van der Waals surface area contributed by atoms with E-state index in [1.54, 1.807) is 6.07 Å². The van der Waals surface area contributed by atoms with Crippen molar-refractivity contribution in [1.29, 1.82) is 0 Å². The van der Waals surface area contributed by atoms with Crippen molar-refractivity contribution in [2.24, 2.45) is 5.92 Å². The van der Waals surface area contributed by atoms with Crippen molar-refractivity contribution < 1.29 is 4.52 Å². The zero-order valence-corrected chi connectivity index (χ0v) is 12.4. The number of nitrogens with one attached hydrogen (secondary N) is 1. The summed E-state index contributed by atoms with van der Waals surface area (Å²) in [6, 6.07) is 5.43. The normalized spacial score (nSPS) is 18.6. The molecule has 0 aliphatic carbocycles. The molecule has 0 radical (unpaired) electrons. The first-order valence-electron chi connectivity index (χ1n) is 6.67. The van der Waals surface area contributed by atoms with Crippen molar-refractivity contribution >= 4 is 23.2 Å². The molecule has 6 heteroatoms. The average molecular weight is 312 g/mol. The number of hydrogen-bond donors (Lipinski definition) is 1. The summed E-state index contributed by atoms with van der Waals surface area (Å²) < 4.78 is 5.30. The van der Waals surface area contributed by atoms with Gasteiger partial charge in [0.05, 0.1) is 0 Å². The van der Waals surface area contributed by atoms with E-state index in [1.807, 2.05) is 12.1 Å². The van der Waals surface area contributed by atoms with Crippen molar-refractivity contribution in [3.05, 3.63) is 45.5 Å². The third-order valence-electron chi connectivity index (χ3n) is 3.50. The number of halogens is 2. The van der Waals surface area contributed by atoms with E-state index in [0.29, 0.717) is 34.1 Å². The third kappa shape index (κ3) is 3.32. The van der Waals surface area contributed by atoms with Crippen molar-refractivity contribution in [2.45, 2.75) is 19.3 Å². The smallest absolute Gasteiger partial charge is 0.226 e. The summed E-state index contributed by atoms with van der Waals surface area (Å²) in [6.45, 7) is 2.10. The van der Waals surface area contributed by atoms with Gasteiger partial charge in [0, 0.05) is 22.9 Å². The summed E-state index contributed by atoms with van der Waals surface area (Å²) in [5.41, 5.74) is 0.950. The Morgan fingerprint density at radius 1 is 1.35 bits per heavy atom. The van der Waals surface area contributed by atoms with Crippen LogP contribution in [-0.2, 0) is 12.8 Å². The second kappa shape index (κ2) is 6.12. The maximum Gasteiger partial charge on any atom is 0.226 e. The molecule has 0 bridgehead atoms. The maximum absolute atomic E-state index is 6.14. The zero-order valence-electron chi connectivity index (χ0n) is 10.9. The van der Waals surface area contributed by atoms with Gasteiger partial charge in [0.1, 0.15) is 0 Å². The van der Waals surface area contributed by atoms with E-state index in [0.717, 1.165) is 25.1 Å². The van der Waals surface area contributed by atoms with Crippen LogP contribution in [0, 0.1) is 5.92 Å². The van der Waals surface area contributed by atoms with Crippen molar-refractivity contribution in [3.8, 4) is 0 Å². The molecule has 106 valence electrons. The first-order chi connectivity index (χ1) is 9.70. The highest BCUT2D eigenvalue weighted by atomic mass is 35.5. The molecule has 1 aromatic carbocycles. The molecule has 0 saturated carbocycles. The Labute approximate surface area is 127 Å². The van der Waals surface area contributed by atoms with Gasteiger partial charge in [-0.2, -0.15) is 4.98 Å². The summed E-state index contributed by atoms with van der Waals surface area (Å²) in [5.74, 6) is 1.97. The van der Waals surface area contributed by atoms with E-state index in [9.17, 15) is 0 Å². The van der Waals surface area contributed by atoms with Gasteiger partial charge in [-0.15, -0.1) is 0 Å². The molecule has 1 aliphatic heterocycles. The highest BCUT2D eigenvalue weighted by Crippen LogP contribution is 2.23. The molecule has 1 aromatic heterocycles. The van der Waals surface area contributed by atoms with Crippen LogP contribution in [-0.4, -0.2) is 23.2 Å². The molecule has 1 aliphatic rings. The average Bonchev–Trinajstić information content (AvgIpc) is 3.06. The Kier molecular flexibility index (Phi) is 4.24. The van der Waals surface area contributed by atoms with E-state index < -0.39 is 0 Å². The Balaban J connectivity index is 1.67. The second-order valence-corrected chi connectivity index (χ2v) is 5.92. The van der Waals surface area contributed by atoms with Gasteiger partial charge in [-0.25, -0.2) is 0 Å². The highest BCUT2D eigenvalue weighted by Gasteiger charge is 2.18. The molecule has 2 aromatic rings. The lowest BCUT2D eigenvalue weighted by Gasteiger charge is -2.02. The monoisotopic (exact) mass is 311 g/mol. The van der Waals surface area contributed by atoms with Gasteiger partial charge in [-0.05, 0) is 43.1 Å². The molecule has 1 saturated heterocycles. The van der Waals surface area contributed by atoms with Crippen LogP contribution >= 0.6 is 23.2 Å². The highest BCUT2D eigenvalue weighted by molar-refractivity contribution is 6.35. The zero-order chi connectivity index (χ0) is 13.9. The van der Waals surface area contributed by atoms with Crippen LogP contribution in [0.3, 0.4) is 0 Å². The van der Waals surface area contributed by atoms with Crippen LogP contribution < -0.4 is 5.32 Å². The number of aromatic nitrogens is 2. The fraction of sp³-hybridized carbons (Fsp3) is 0.429. The minimum absolute atomic E-state index is 0.558. The first-order valence-corrected chi connectivity index (χ1v) is 7.42. The number of nitrogens with zero attached hydrogens (tertiary/aromatic N) is 2. The minimum atomic E-state index is 0.558. The molecule has 0 amide bonds. The third-order valence-corrected chi connectivity index (χ3v) is 4.09. The predicted octanol–water partition coefficient (Wildman–Crippen LogP) is 3.12. The van der Waals surface area contributed by atoms with Crippen molar-refractivity contribution in [1.82, 2.24) is 15.5 Å². The van der Waals surface area contributed by atoms with Crippen molar-refractivity contribution in [3.63, 3.8) is 0 Å². The SMILES string of the molecule is Clc1ccc(Cc2noc(CC3CCNC3)n2)c(Cl)c1. The van der Waals surface area contributed by atoms with Crippen LogP contribution in [0.5, 0.6) is 0 Å². The number of hydrogen-bond acceptors (Lipinski definition) is 4. The molecular formula is C14H15Cl2N3O. The molecule has 1 fully saturated rings. The van der Waals surface area contributed by atoms with E-state index in [-0.39, 0.29) is 0 Å². The maximum atomic E-state index is 6.14. The van der Waals surface area contributed by atoms with E-state index in [1.165, 1.54) is 6.42 Å². The Morgan fingerprint density at radius 2 is 2.25 bits per heavy atom. The quantitative estimate of drug-likeness (QED) is 0.942. The molecule has 1 unspecified atom stereocenters. The summed E-state index contributed by atoms with van der Waals surface area (Å²) in [5, 5.41) is 8.61. The van der Waals surface area contributed by atoms with Crippen LogP contribution in [0.4, 0.5) is 0 Å². The van der Waals surface area contributed by atoms with Gasteiger partial charge in [0.25, 0.3) is 0 Å². The van der Waals surface area contributed by atoms with Gasteiger partial charge >= 0.3 is 0 Å². The van der Waals surface area contributed by atoms with Gasteiger partial charge in [0.15, 0.2) is 5.82 Å². The number of benzene rings is 1. The fourth-order valence-corrected chi connectivity index (χ4v) is 2.89.